The van der Waals surface area contributed by atoms with Crippen LogP contribution in [0.4, 0.5) is 5.69 Å². The maximum Gasteiger partial charge on any atom is 0.335 e. The molecule has 208 valence electrons. The quantitative estimate of drug-likeness (QED) is 0.270. The van der Waals surface area contributed by atoms with Gasteiger partial charge >= 0.3 is 5.97 Å². The molecule has 3 aromatic carbocycles. The number of thiazole rings is 1. The number of carbonyl (C=O) groups is 2. The first-order valence-corrected chi connectivity index (χ1v) is 14.1. The van der Waals surface area contributed by atoms with Gasteiger partial charge in [0.1, 0.15) is 11.5 Å². The number of carboxylic acids is 1. The van der Waals surface area contributed by atoms with Gasteiger partial charge in [0, 0.05) is 22.3 Å². The van der Waals surface area contributed by atoms with Crippen molar-refractivity contribution < 1.29 is 19.1 Å². The van der Waals surface area contributed by atoms with E-state index in [1.807, 2.05) is 18.2 Å². The number of aromatic nitrogens is 1. The molecule has 2 aromatic heterocycles. The number of benzene rings is 3. The first kappa shape index (κ1) is 27.2. The second-order valence-corrected chi connectivity index (χ2v) is 11.0. The second-order valence-electron chi connectivity index (χ2n) is 9.54. The number of halogens is 1. The van der Waals surface area contributed by atoms with Crippen LogP contribution in [0.1, 0.15) is 34.6 Å². The molecule has 1 aliphatic rings. The molecule has 1 amide bonds. The lowest BCUT2D eigenvalue weighted by Crippen LogP contribution is -2.40. The number of allylic oxidation sites excluding steroid dienone is 1. The largest absolute Gasteiger partial charge is 0.478 e. The highest BCUT2D eigenvalue weighted by Crippen LogP contribution is 2.31. The third-order valence-corrected chi connectivity index (χ3v) is 8.04. The molecule has 10 heteroatoms. The Morgan fingerprint density at radius 1 is 1.00 bits per heavy atom. The van der Waals surface area contributed by atoms with Gasteiger partial charge in [0.2, 0.25) is 0 Å². The van der Waals surface area contributed by atoms with Gasteiger partial charge in [-0.1, -0.05) is 65.4 Å². The molecule has 0 saturated carbocycles. The molecule has 1 aliphatic heterocycles. The molecule has 6 rings (SSSR count). The van der Waals surface area contributed by atoms with Crippen molar-refractivity contribution in [2.24, 2.45) is 4.99 Å². The number of anilines is 1. The normalized spacial score (nSPS) is 14.8. The first-order chi connectivity index (χ1) is 20.3. The number of fused-ring (bicyclic) bond motifs is 1. The molecule has 5 aromatic rings. The summed E-state index contributed by atoms with van der Waals surface area (Å²) in [6, 6.07) is 25.2. The summed E-state index contributed by atoms with van der Waals surface area (Å²) in [6.45, 7) is 1.76. The van der Waals surface area contributed by atoms with Gasteiger partial charge in [-0.2, -0.15) is 0 Å². The molecule has 0 aliphatic carbocycles. The minimum atomic E-state index is -1.01. The number of furan rings is 1. The number of amides is 1. The van der Waals surface area contributed by atoms with E-state index in [4.69, 9.17) is 21.1 Å². The standard InChI is InChI=1S/C32H22ClN3O5S/c1-18-27(29(37)35-23-5-3-2-4-6-23)28(20-11-13-22(33)14-12-20)36-30(38)26(42-32(36)34-18)17-24-15-16-25(41-24)19-7-9-21(10-8-19)31(39)40/h2-17,28H,1H3,(H,35,37)(H,39,40)/b26-17-. The summed E-state index contributed by atoms with van der Waals surface area (Å²) >= 11 is 7.36. The Labute approximate surface area is 248 Å². The number of carboxylic acid groups (broad SMARTS) is 1. The molecule has 1 unspecified atom stereocenters. The molecule has 42 heavy (non-hydrogen) atoms. The molecule has 0 fully saturated rings. The molecule has 8 nitrogen and oxygen atoms in total. The smallest absolute Gasteiger partial charge is 0.335 e. The second kappa shape index (κ2) is 11.1. The van der Waals surface area contributed by atoms with E-state index in [2.05, 4.69) is 10.3 Å². The summed E-state index contributed by atoms with van der Waals surface area (Å²) in [5, 5.41) is 12.6. The van der Waals surface area contributed by atoms with E-state index >= 15 is 0 Å². The average Bonchev–Trinajstić information content (AvgIpc) is 3.57. The van der Waals surface area contributed by atoms with Crippen LogP contribution in [0.3, 0.4) is 0 Å². The Morgan fingerprint density at radius 2 is 1.71 bits per heavy atom. The highest BCUT2D eigenvalue weighted by molar-refractivity contribution is 7.07. The van der Waals surface area contributed by atoms with E-state index in [-0.39, 0.29) is 17.0 Å². The van der Waals surface area contributed by atoms with E-state index in [9.17, 15) is 14.4 Å². The van der Waals surface area contributed by atoms with Crippen molar-refractivity contribution in [1.82, 2.24) is 4.57 Å². The Hall–Kier alpha value is -4.99. The van der Waals surface area contributed by atoms with Crippen molar-refractivity contribution in [3.05, 3.63) is 144 Å². The van der Waals surface area contributed by atoms with E-state index in [0.717, 1.165) is 0 Å². The van der Waals surface area contributed by atoms with Gasteiger partial charge < -0.3 is 14.8 Å². The highest BCUT2D eigenvalue weighted by atomic mass is 35.5. The van der Waals surface area contributed by atoms with E-state index in [1.54, 1.807) is 73.7 Å². The SMILES string of the molecule is CC1=C(C(=O)Nc2ccccc2)C(c2ccc(Cl)cc2)n2c(s/c(=C\c3ccc(-c4ccc(C(=O)O)cc4)o3)c2=O)=N1. The molecule has 3 heterocycles. The summed E-state index contributed by atoms with van der Waals surface area (Å²) in [7, 11) is 0. The number of hydrogen-bond acceptors (Lipinski definition) is 6. The Morgan fingerprint density at radius 3 is 2.40 bits per heavy atom. The number of carbonyl (C=O) groups excluding carboxylic acids is 1. The van der Waals surface area contributed by atoms with Crippen LogP contribution in [-0.2, 0) is 4.79 Å². The lowest BCUT2D eigenvalue weighted by Gasteiger charge is -2.25. The fourth-order valence-corrected chi connectivity index (χ4v) is 5.94. The monoisotopic (exact) mass is 595 g/mol. The van der Waals surface area contributed by atoms with Crippen molar-refractivity contribution >= 4 is 46.6 Å². The third kappa shape index (κ3) is 5.23. The summed E-state index contributed by atoms with van der Waals surface area (Å²) in [5.74, 6) is -0.398. The number of aromatic carboxylic acids is 1. The predicted octanol–water partition coefficient (Wildman–Crippen LogP) is 5.49. The predicted molar refractivity (Wildman–Crippen MR) is 161 cm³/mol. The van der Waals surface area contributed by atoms with Crippen LogP contribution >= 0.6 is 22.9 Å². The van der Waals surface area contributed by atoms with E-state index < -0.39 is 12.0 Å². The summed E-state index contributed by atoms with van der Waals surface area (Å²) in [5.41, 5.74) is 2.75. The molecule has 0 saturated heterocycles. The maximum atomic E-state index is 13.9. The highest BCUT2D eigenvalue weighted by Gasteiger charge is 2.32. The number of hydrogen-bond donors (Lipinski definition) is 2. The van der Waals surface area contributed by atoms with Crippen molar-refractivity contribution in [2.75, 3.05) is 5.32 Å². The lowest BCUT2D eigenvalue weighted by atomic mass is 9.95. The molecular weight excluding hydrogens is 574 g/mol. The van der Waals surface area contributed by atoms with Gasteiger partial charge in [-0.05, 0) is 61.0 Å². The van der Waals surface area contributed by atoms with Crippen molar-refractivity contribution in [2.45, 2.75) is 13.0 Å². The van der Waals surface area contributed by atoms with Crippen molar-refractivity contribution in [1.29, 1.82) is 0 Å². The van der Waals surface area contributed by atoms with Gasteiger partial charge in [0.15, 0.2) is 4.80 Å². The van der Waals surface area contributed by atoms with Gasteiger partial charge in [-0.3, -0.25) is 14.2 Å². The van der Waals surface area contributed by atoms with Crippen LogP contribution in [-0.4, -0.2) is 21.6 Å². The zero-order chi connectivity index (χ0) is 29.4. The van der Waals surface area contributed by atoms with Crippen LogP contribution in [0.25, 0.3) is 17.4 Å². The fraction of sp³-hybridized carbons (Fsp3) is 0.0625. The van der Waals surface area contributed by atoms with Gasteiger partial charge in [0.05, 0.1) is 27.4 Å². The Balaban J connectivity index is 1.42. The molecule has 0 bridgehead atoms. The minimum Gasteiger partial charge on any atom is -0.478 e. The van der Waals surface area contributed by atoms with E-state index in [0.29, 0.717) is 54.0 Å². The minimum absolute atomic E-state index is 0.175. The topological polar surface area (TPSA) is 114 Å². The zero-order valence-electron chi connectivity index (χ0n) is 22.1. The van der Waals surface area contributed by atoms with Gasteiger partial charge in [-0.15, -0.1) is 0 Å². The first-order valence-electron chi connectivity index (χ1n) is 12.9. The molecule has 0 radical (unpaired) electrons. The zero-order valence-corrected chi connectivity index (χ0v) is 23.6. The third-order valence-electron chi connectivity index (χ3n) is 6.80. The number of nitrogens with one attached hydrogen (secondary N) is 1. The van der Waals surface area contributed by atoms with Crippen molar-refractivity contribution in [3.8, 4) is 11.3 Å². The van der Waals surface area contributed by atoms with Crippen LogP contribution in [0.5, 0.6) is 0 Å². The average molecular weight is 596 g/mol. The fourth-order valence-electron chi connectivity index (χ4n) is 4.78. The van der Waals surface area contributed by atoms with Crippen LogP contribution < -0.4 is 20.2 Å². The van der Waals surface area contributed by atoms with Crippen LogP contribution in [0.15, 0.2) is 116 Å². The maximum absolute atomic E-state index is 13.9. The molecule has 0 spiro atoms. The molecule has 2 N–H and O–H groups in total. The summed E-state index contributed by atoms with van der Waals surface area (Å²) < 4.78 is 7.88. The summed E-state index contributed by atoms with van der Waals surface area (Å²) in [6.07, 6.45) is 1.64. The van der Waals surface area contributed by atoms with Gasteiger partial charge in [-0.25, -0.2) is 9.79 Å². The van der Waals surface area contributed by atoms with Crippen molar-refractivity contribution in [3.63, 3.8) is 0 Å². The van der Waals surface area contributed by atoms with Crippen LogP contribution in [0.2, 0.25) is 5.02 Å². The molecule has 1 atom stereocenters. The number of para-hydroxylation sites is 1. The van der Waals surface area contributed by atoms with Crippen LogP contribution in [0, 0.1) is 0 Å². The Kier molecular flexibility index (Phi) is 7.20. The molecular formula is C32H22ClN3O5S. The number of nitrogens with zero attached hydrogens (tertiary/aromatic N) is 2. The Bertz CT molecular complexity index is 2040. The lowest BCUT2D eigenvalue weighted by molar-refractivity contribution is -0.113. The van der Waals surface area contributed by atoms with Gasteiger partial charge in [0.25, 0.3) is 11.5 Å². The summed E-state index contributed by atoms with van der Waals surface area (Å²) in [4.78, 5) is 43.8. The number of rotatable bonds is 6. The van der Waals surface area contributed by atoms with E-state index in [1.165, 1.54) is 28.0 Å².